The number of piperazine rings is 1. The van der Waals surface area contributed by atoms with Crippen LogP contribution in [-0.2, 0) is 17.8 Å². The molecule has 1 N–H and O–H groups in total. The normalized spacial score (nSPS) is 21.7. The van der Waals surface area contributed by atoms with Crippen LogP contribution in [0, 0.1) is 5.92 Å². The molecule has 1 spiro atoms. The third-order valence-corrected chi connectivity index (χ3v) is 6.52. The highest BCUT2D eigenvalue weighted by atomic mass is 16.2. The second-order valence-corrected chi connectivity index (χ2v) is 8.60. The number of carbonyl (C=O) groups excluding carboxylic acids is 1. The third-order valence-electron chi connectivity index (χ3n) is 6.52. The molecule has 3 aliphatic rings. The van der Waals surface area contributed by atoms with Crippen LogP contribution in [0.1, 0.15) is 43.7 Å². The van der Waals surface area contributed by atoms with Gasteiger partial charge in [0.05, 0.1) is 5.54 Å². The highest BCUT2D eigenvalue weighted by Crippen LogP contribution is 2.47. The number of hydrogen-bond donors (Lipinski definition) is 1. The van der Waals surface area contributed by atoms with Crippen molar-refractivity contribution in [1.82, 2.24) is 14.8 Å². The number of hydrogen-bond acceptors (Lipinski definition) is 3. The molecule has 0 atom stereocenters. The summed E-state index contributed by atoms with van der Waals surface area (Å²) < 4.78 is 0. The van der Waals surface area contributed by atoms with E-state index in [1.807, 2.05) is 13.0 Å². The van der Waals surface area contributed by atoms with E-state index in [-0.39, 0.29) is 11.1 Å². The smallest absolute Gasteiger partial charge is 0.251 e. The molecule has 0 radical (unpaired) electrons. The fraction of sp³-hybridized carbons (Fsp3) is 0.545. The van der Waals surface area contributed by atoms with E-state index in [0.717, 1.165) is 74.7 Å². The number of aryl methyl sites for hydroxylation is 1. The molecule has 5 heteroatoms. The van der Waals surface area contributed by atoms with Gasteiger partial charge in [0.1, 0.15) is 0 Å². The van der Waals surface area contributed by atoms with E-state index in [4.69, 9.17) is 0 Å². The number of fused-ring (bicyclic) bond motifs is 1. The standard InChI is InChI=1S/C22H27N3O2/c1-2-16-12-18-4-3-15(11-19(18)23-20(16)26)13-24-9-10-25(21(27)17-5-6-17)22(14-24)7-8-22/h3-4,11-12,17H,2,5-10,13-14H2,1H3,(H,23,26). The summed E-state index contributed by atoms with van der Waals surface area (Å²) in [5.41, 5.74) is 3.10. The maximum atomic E-state index is 12.6. The van der Waals surface area contributed by atoms with E-state index >= 15 is 0 Å². The number of amides is 1. The van der Waals surface area contributed by atoms with Crippen LogP contribution >= 0.6 is 0 Å². The number of benzene rings is 1. The fourth-order valence-corrected chi connectivity index (χ4v) is 4.57. The van der Waals surface area contributed by atoms with Gasteiger partial charge in [0.15, 0.2) is 0 Å². The van der Waals surface area contributed by atoms with Gasteiger partial charge in [-0.3, -0.25) is 14.5 Å². The predicted octanol–water partition coefficient (Wildman–Crippen LogP) is 2.68. The fourth-order valence-electron chi connectivity index (χ4n) is 4.57. The molecule has 2 saturated carbocycles. The maximum Gasteiger partial charge on any atom is 0.251 e. The number of nitrogens with one attached hydrogen (secondary N) is 1. The van der Waals surface area contributed by atoms with Gasteiger partial charge >= 0.3 is 0 Å². The minimum absolute atomic E-state index is 0.0197. The van der Waals surface area contributed by atoms with Gasteiger partial charge in [-0.05, 0) is 55.2 Å². The summed E-state index contributed by atoms with van der Waals surface area (Å²) in [4.78, 5) is 32.4. The lowest BCUT2D eigenvalue weighted by Gasteiger charge is -2.42. The van der Waals surface area contributed by atoms with Crippen molar-refractivity contribution in [1.29, 1.82) is 0 Å². The number of pyridine rings is 1. The van der Waals surface area contributed by atoms with Gasteiger partial charge in [0.25, 0.3) is 5.56 Å². The zero-order valence-corrected chi connectivity index (χ0v) is 16.0. The molecule has 2 heterocycles. The zero-order valence-electron chi connectivity index (χ0n) is 16.0. The number of nitrogens with zero attached hydrogens (tertiary/aromatic N) is 2. The Morgan fingerprint density at radius 1 is 1.22 bits per heavy atom. The predicted molar refractivity (Wildman–Crippen MR) is 106 cm³/mol. The van der Waals surface area contributed by atoms with Crippen molar-refractivity contribution in [2.45, 2.75) is 51.1 Å². The van der Waals surface area contributed by atoms with Gasteiger partial charge < -0.3 is 9.88 Å². The highest BCUT2D eigenvalue weighted by molar-refractivity contribution is 5.82. The monoisotopic (exact) mass is 365 g/mol. The van der Waals surface area contributed by atoms with E-state index in [1.54, 1.807) is 0 Å². The Labute approximate surface area is 159 Å². The Balaban J connectivity index is 1.32. The van der Waals surface area contributed by atoms with Crippen molar-refractivity contribution < 1.29 is 4.79 Å². The molecule has 2 aromatic rings. The van der Waals surface area contributed by atoms with Crippen LogP contribution < -0.4 is 5.56 Å². The molecule has 1 aromatic carbocycles. The number of aromatic nitrogens is 1. The summed E-state index contributed by atoms with van der Waals surface area (Å²) in [5.74, 6) is 0.724. The van der Waals surface area contributed by atoms with Crippen LogP contribution in [0.25, 0.3) is 10.9 Å². The van der Waals surface area contributed by atoms with E-state index in [9.17, 15) is 9.59 Å². The molecule has 0 unspecified atom stereocenters. The average Bonchev–Trinajstić information content (AvgIpc) is 3.57. The molecule has 0 bridgehead atoms. The second-order valence-electron chi connectivity index (χ2n) is 8.60. The Bertz CT molecular complexity index is 956. The Morgan fingerprint density at radius 3 is 2.74 bits per heavy atom. The van der Waals surface area contributed by atoms with E-state index in [0.29, 0.717) is 11.8 Å². The Hall–Kier alpha value is -2.14. The van der Waals surface area contributed by atoms with Crippen molar-refractivity contribution in [2.24, 2.45) is 5.92 Å². The second kappa shape index (κ2) is 6.20. The van der Waals surface area contributed by atoms with Gasteiger partial charge in [-0.1, -0.05) is 19.1 Å². The molecule has 1 aliphatic heterocycles. The molecular formula is C22H27N3O2. The SMILES string of the molecule is CCc1cc2ccc(CN3CCN(C(=O)C4CC4)C4(CC4)C3)cc2[nH]c1=O. The number of H-pyrrole nitrogens is 1. The van der Waals surface area contributed by atoms with Crippen LogP contribution in [0.15, 0.2) is 29.1 Å². The lowest BCUT2D eigenvalue weighted by molar-refractivity contribution is -0.138. The molecule has 2 aliphatic carbocycles. The molecule has 142 valence electrons. The topological polar surface area (TPSA) is 56.4 Å². The molecule has 5 rings (SSSR count). The van der Waals surface area contributed by atoms with E-state index in [1.165, 1.54) is 5.56 Å². The summed E-state index contributed by atoms with van der Waals surface area (Å²) >= 11 is 0. The van der Waals surface area contributed by atoms with Gasteiger partial charge in [-0.25, -0.2) is 0 Å². The minimum atomic E-state index is 0.0197. The lowest BCUT2D eigenvalue weighted by Crippen LogP contribution is -2.57. The minimum Gasteiger partial charge on any atom is -0.334 e. The van der Waals surface area contributed by atoms with Crippen LogP contribution in [-0.4, -0.2) is 45.9 Å². The Morgan fingerprint density at radius 2 is 2.04 bits per heavy atom. The molecule has 27 heavy (non-hydrogen) atoms. The van der Waals surface area contributed by atoms with Gasteiger partial charge in [-0.15, -0.1) is 0 Å². The summed E-state index contributed by atoms with van der Waals surface area (Å²) in [5, 5.41) is 1.09. The summed E-state index contributed by atoms with van der Waals surface area (Å²) in [7, 11) is 0. The molecule has 1 aromatic heterocycles. The zero-order chi connectivity index (χ0) is 18.6. The van der Waals surface area contributed by atoms with E-state index in [2.05, 4.69) is 33.0 Å². The first-order chi connectivity index (χ1) is 13.1. The molecule has 5 nitrogen and oxygen atoms in total. The molecule has 3 fully saturated rings. The van der Waals surface area contributed by atoms with Crippen LogP contribution in [0.5, 0.6) is 0 Å². The van der Waals surface area contributed by atoms with Crippen LogP contribution in [0.3, 0.4) is 0 Å². The number of rotatable bonds is 4. The summed E-state index contributed by atoms with van der Waals surface area (Å²) in [6.07, 6.45) is 5.22. The first kappa shape index (κ1) is 17.0. The maximum absolute atomic E-state index is 12.6. The quantitative estimate of drug-likeness (QED) is 0.906. The Kier molecular flexibility index (Phi) is 3.90. The summed E-state index contributed by atoms with van der Waals surface area (Å²) in [6.45, 7) is 5.66. The third kappa shape index (κ3) is 3.08. The van der Waals surface area contributed by atoms with E-state index < -0.39 is 0 Å². The largest absolute Gasteiger partial charge is 0.334 e. The van der Waals surface area contributed by atoms with Gasteiger partial charge in [0, 0.05) is 43.2 Å². The van der Waals surface area contributed by atoms with Gasteiger partial charge in [0.2, 0.25) is 5.91 Å². The molecule has 1 amide bonds. The molecule has 1 saturated heterocycles. The van der Waals surface area contributed by atoms with Crippen LogP contribution in [0.4, 0.5) is 0 Å². The van der Waals surface area contributed by atoms with Crippen LogP contribution in [0.2, 0.25) is 0 Å². The first-order valence-electron chi connectivity index (χ1n) is 10.3. The summed E-state index contributed by atoms with van der Waals surface area (Å²) in [6, 6.07) is 8.39. The number of carbonyl (C=O) groups is 1. The van der Waals surface area contributed by atoms with Crippen molar-refractivity contribution in [3.8, 4) is 0 Å². The van der Waals surface area contributed by atoms with Crippen molar-refractivity contribution in [3.63, 3.8) is 0 Å². The van der Waals surface area contributed by atoms with Crippen molar-refractivity contribution in [3.05, 3.63) is 45.7 Å². The van der Waals surface area contributed by atoms with Crippen molar-refractivity contribution in [2.75, 3.05) is 19.6 Å². The van der Waals surface area contributed by atoms with Gasteiger partial charge in [-0.2, -0.15) is 0 Å². The first-order valence-corrected chi connectivity index (χ1v) is 10.3. The molecular weight excluding hydrogens is 338 g/mol. The highest BCUT2D eigenvalue weighted by Gasteiger charge is 2.54. The number of aromatic amines is 1. The average molecular weight is 365 g/mol. The van der Waals surface area contributed by atoms with Crippen molar-refractivity contribution >= 4 is 16.8 Å². The lowest BCUT2D eigenvalue weighted by atomic mass is 10.1.